The summed E-state index contributed by atoms with van der Waals surface area (Å²) in [6.07, 6.45) is 1.65. The van der Waals surface area contributed by atoms with Crippen LogP contribution in [0.25, 0.3) is 0 Å². The molecule has 2 N–H and O–H groups in total. The minimum Gasteiger partial charge on any atom is -0.496 e. The number of benzene rings is 1. The van der Waals surface area contributed by atoms with Crippen molar-refractivity contribution >= 4 is 0 Å². The summed E-state index contributed by atoms with van der Waals surface area (Å²) in [7, 11) is 3.13. The molecule has 0 bridgehead atoms. The first-order chi connectivity index (χ1) is 8.43. The van der Waals surface area contributed by atoms with Gasteiger partial charge in [0.25, 0.3) is 0 Å². The number of aryl methyl sites for hydroxylation is 1. The van der Waals surface area contributed by atoms with Gasteiger partial charge < -0.3 is 15.2 Å². The molecule has 0 radical (unpaired) electrons. The van der Waals surface area contributed by atoms with E-state index in [1.807, 2.05) is 6.07 Å². The molecule has 0 saturated carbocycles. The van der Waals surface area contributed by atoms with Gasteiger partial charge in [0, 0.05) is 5.56 Å². The molecule has 0 fully saturated rings. The second-order valence-electron chi connectivity index (χ2n) is 4.73. The molecular formula is C14H22FNO2. The zero-order chi connectivity index (χ0) is 13.8. The van der Waals surface area contributed by atoms with Gasteiger partial charge in [0.1, 0.15) is 17.2 Å². The number of alkyl halides is 1. The fourth-order valence-electron chi connectivity index (χ4n) is 1.91. The molecule has 1 aromatic rings. The fraction of sp³-hybridized carbons (Fsp3) is 0.571. The Kier molecular flexibility index (Phi) is 4.96. The molecule has 3 nitrogen and oxygen atoms in total. The predicted octanol–water partition coefficient (Wildman–Crippen LogP) is 2.80. The molecule has 0 aliphatic heterocycles. The third-order valence-electron chi connectivity index (χ3n) is 2.89. The fourth-order valence-corrected chi connectivity index (χ4v) is 1.91. The molecule has 0 amide bonds. The van der Waals surface area contributed by atoms with Crippen LogP contribution in [-0.2, 0) is 12.1 Å². The van der Waals surface area contributed by atoms with Crippen molar-refractivity contribution in [2.45, 2.75) is 32.4 Å². The largest absolute Gasteiger partial charge is 0.496 e. The molecule has 0 saturated heterocycles. The van der Waals surface area contributed by atoms with Crippen LogP contribution >= 0.6 is 0 Å². The smallest absolute Gasteiger partial charge is 0.134 e. The summed E-state index contributed by atoms with van der Waals surface area (Å²) in [5.74, 6) is 1.24. The zero-order valence-corrected chi connectivity index (χ0v) is 11.5. The Balaban J connectivity index is 3.23. The normalized spacial score (nSPS) is 11.4. The summed E-state index contributed by atoms with van der Waals surface area (Å²) < 4.78 is 24.7. The third kappa shape index (κ3) is 3.35. The molecular weight excluding hydrogens is 233 g/mol. The molecule has 0 unspecified atom stereocenters. The van der Waals surface area contributed by atoms with Gasteiger partial charge in [0.2, 0.25) is 0 Å². The molecule has 102 valence electrons. The molecule has 0 spiro atoms. The summed E-state index contributed by atoms with van der Waals surface area (Å²) in [5, 5.41) is 0. The Labute approximate surface area is 108 Å². The van der Waals surface area contributed by atoms with Crippen LogP contribution in [0.1, 0.15) is 31.4 Å². The Morgan fingerprint density at radius 3 is 2.22 bits per heavy atom. The van der Waals surface area contributed by atoms with E-state index < -0.39 is 5.67 Å². The van der Waals surface area contributed by atoms with Crippen molar-refractivity contribution in [3.05, 3.63) is 23.3 Å². The molecule has 18 heavy (non-hydrogen) atoms. The number of nitrogens with two attached hydrogens (primary N) is 1. The lowest BCUT2D eigenvalue weighted by molar-refractivity contribution is 0.212. The summed E-state index contributed by atoms with van der Waals surface area (Å²) in [6.45, 7) is 3.62. The first-order valence-electron chi connectivity index (χ1n) is 6.08. The van der Waals surface area contributed by atoms with Crippen molar-refractivity contribution in [3.63, 3.8) is 0 Å². The summed E-state index contributed by atoms with van der Waals surface area (Å²) in [5.41, 5.74) is 5.53. The van der Waals surface area contributed by atoms with E-state index in [1.165, 1.54) is 13.8 Å². The van der Waals surface area contributed by atoms with Gasteiger partial charge in [0.05, 0.1) is 14.2 Å². The maximum Gasteiger partial charge on any atom is 0.134 e. The van der Waals surface area contributed by atoms with Gasteiger partial charge in [-0.15, -0.1) is 0 Å². The van der Waals surface area contributed by atoms with Crippen molar-refractivity contribution in [3.8, 4) is 11.5 Å². The van der Waals surface area contributed by atoms with Crippen LogP contribution < -0.4 is 15.2 Å². The van der Waals surface area contributed by atoms with Crippen molar-refractivity contribution in [1.29, 1.82) is 0 Å². The van der Waals surface area contributed by atoms with Gasteiger partial charge in [-0.25, -0.2) is 4.39 Å². The van der Waals surface area contributed by atoms with E-state index in [0.29, 0.717) is 23.6 Å². The quantitative estimate of drug-likeness (QED) is 0.850. The van der Waals surface area contributed by atoms with Crippen molar-refractivity contribution < 1.29 is 13.9 Å². The second kappa shape index (κ2) is 6.05. The molecule has 1 aromatic carbocycles. The van der Waals surface area contributed by atoms with Crippen molar-refractivity contribution in [2.75, 3.05) is 20.8 Å². The Morgan fingerprint density at radius 2 is 1.78 bits per heavy atom. The van der Waals surface area contributed by atoms with E-state index in [4.69, 9.17) is 15.2 Å². The van der Waals surface area contributed by atoms with Gasteiger partial charge >= 0.3 is 0 Å². The molecule has 1 rings (SSSR count). The van der Waals surface area contributed by atoms with Crippen LogP contribution in [0.2, 0.25) is 0 Å². The second-order valence-corrected chi connectivity index (χ2v) is 4.73. The van der Waals surface area contributed by atoms with Crippen LogP contribution in [0.15, 0.2) is 12.1 Å². The van der Waals surface area contributed by atoms with Crippen molar-refractivity contribution in [1.82, 2.24) is 0 Å². The lowest BCUT2D eigenvalue weighted by atomic mass is 9.95. The molecule has 0 aliphatic carbocycles. The Hall–Kier alpha value is -1.29. The molecule has 4 heteroatoms. The SMILES string of the molecule is COc1cc(C(C)(C)F)c(OC)cc1CCCN. The van der Waals surface area contributed by atoms with E-state index in [2.05, 4.69) is 0 Å². The highest BCUT2D eigenvalue weighted by Gasteiger charge is 2.25. The summed E-state index contributed by atoms with van der Waals surface area (Å²) in [6, 6.07) is 3.55. The highest BCUT2D eigenvalue weighted by molar-refractivity contribution is 5.48. The first kappa shape index (κ1) is 14.8. The van der Waals surface area contributed by atoms with E-state index in [0.717, 1.165) is 18.4 Å². The van der Waals surface area contributed by atoms with Crippen LogP contribution in [0.3, 0.4) is 0 Å². The zero-order valence-electron chi connectivity index (χ0n) is 11.5. The van der Waals surface area contributed by atoms with Gasteiger partial charge in [-0.3, -0.25) is 0 Å². The number of hydrogen-bond donors (Lipinski definition) is 1. The predicted molar refractivity (Wildman–Crippen MR) is 71.1 cm³/mol. The Bertz CT molecular complexity index is 400. The maximum atomic E-state index is 14.1. The Morgan fingerprint density at radius 1 is 1.17 bits per heavy atom. The van der Waals surface area contributed by atoms with E-state index in [-0.39, 0.29) is 0 Å². The summed E-state index contributed by atoms with van der Waals surface area (Å²) in [4.78, 5) is 0. The highest BCUT2D eigenvalue weighted by atomic mass is 19.1. The first-order valence-corrected chi connectivity index (χ1v) is 6.08. The lowest BCUT2D eigenvalue weighted by Gasteiger charge is -2.21. The van der Waals surface area contributed by atoms with Gasteiger partial charge in [-0.1, -0.05) is 0 Å². The summed E-state index contributed by atoms with van der Waals surface area (Å²) >= 11 is 0. The maximum absolute atomic E-state index is 14.1. The molecule has 0 atom stereocenters. The lowest BCUT2D eigenvalue weighted by Crippen LogP contribution is -2.12. The molecule has 0 heterocycles. The average Bonchev–Trinajstić information content (AvgIpc) is 2.33. The average molecular weight is 255 g/mol. The van der Waals surface area contributed by atoms with Crippen molar-refractivity contribution in [2.24, 2.45) is 5.73 Å². The molecule has 0 aromatic heterocycles. The van der Waals surface area contributed by atoms with Gasteiger partial charge in [-0.2, -0.15) is 0 Å². The topological polar surface area (TPSA) is 44.5 Å². The number of ether oxygens (including phenoxy) is 2. The van der Waals surface area contributed by atoms with E-state index in [1.54, 1.807) is 20.3 Å². The minimum atomic E-state index is -1.47. The van der Waals surface area contributed by atoms with Crippen LogP contribution in [0.4, 0.5) is 4.39 Å². The minimum absolute atomic E-state index is 0.498. The number of halogens is 1. The molecule has 0 aliphatic rings. The number of rotatable bonds is 6. The number of methoxy groups -OCH3 is 2. The van der Waals surface area contributed by atoms with Crippen LogP contribution in [-0.4, -0.2) is 20.8 Å². The van der Waals surface area contributed by atoms with Crippen LogP contribution in [0, 0.1) is 0 Å². The monoisotopic (exact) mass is 255 g/mol. The highest BCUT2D eigenvalue weighted by Crippen LogP contribution is 2.38. The van der Waals surface area contributed by atoms with E-state index >= 15 is 0 Å². The standard InChI is InChI=1S/C14H22FNO2/c1-14(2,15)11-9-12(17-3)10(6-5-7-16)8-13(11)18-4/h8-9H,5-7,16H2,1-4H3. The van der Waals surface area contributed by atoms with Gasteiger partial charge in [0.15, 0.2) is 0 Å². The number of hydrogen-bond acceptors (Lipinski definition) is 3. The van der Waals surface area contributed by atoms with Crippen LogP contribution in [0.5, 0.6) is 11.5 Å². The third-order valence-corrected chi connectivity index (χ3v) is 2.89. The van der Waals surface area contributed by atoms with Gasteiger partial charge in [-0.05, 0) is 50.9 Å². The van der Waals surface area contributed by atoms with E-state index in [9.17, 15) is 4.39 Å².